The van der Waals surface area contributed by atoms with Crippen LogP contribution in [-0.2, 0) is 9.59 Å². The Labute approximate surface area is 106 Å². The Morgan fingerprint density at radius 1 is 1.00 bits per heavy atom. The highest BCUT2D eigenvalue weighted by Crippen LogP contribution is 1.85. The van der Waals surface area contributed by atoms with E-state index < -0.39 is 24.0 Å². The number of rotatable bonds is 6. The fraction of sp³-hybridized carbons (Fsp3) is 0.750. The number of carboxylic acids is 2. The maximum Gasteiger partial charge on any atom is 0.321 e. The van der Waals surface area contributed by atoms with Gasteiger partial charge < -0.3 is 20.8 Å². The van der Waals surface area contributed by atoms with Gasteiger partial charge in [0.05, 0.1) is 0 Å². The summed E-state index contributed by atoms with van der Waals surface area (Å²) < 4.78 is 0. The van der Waals surface area contributed by atoms with E-state index in [1.54, 1.807) is 14.1 Å². The summed E-state index contributed by atoms with van der Waals surface area (Å²) in [6.07, 6.45) is 0. The number of aliphatic carboxylic acids is 2. The molecule has 0 aromatic rings. The van der Waals surface area contributed by atoms with Crippen LogP contribution in [0.3, 0.4) is 0 Å². The minimum Gasteiger partial charge on any atom is -0.480 e. The van der Waals surface area contributed by atoms with E-state index in [2.05, 4.69) is 35.9 Å². The molecule has 0 amide bonds. The largest absolute Gasteiger partial charge is 0.480 e. The molecule has 6 nitrogen and oxygen atoms in total. The quantitative estimate of drug-likeness (QED) is 0.353. The predicted octanol–water partition coefficient (Wildman–Crippen LogP) is -0.822. The normalized spacial score (nSPS) is 13.2. The Morgan fingerprint density at radius 2 is 1.25 bits per heavy atom. The summed E-state index contributed by atoms with van der Waals surface area (Å²) in [5, 5.41) is 21.7. The van der Waals surface area contributed by atoms with Crippen LogP contribution in [-0.4, -0.2) is 59.8 Å². The molecule has 0 aliphatic rings. The lowest BCUT2D eigenvalue weighted by molar-refractivity contribution is -0.139. The molecule has 96 valence electrons. The highest BCUT2D eigenvalue weighted by Gasteiger charge is 2.10. The van der Waals surface area contributed by atoms with Crippen molar-refractivity contribution in [1.29, 1.82) is 0 Å². The standard InChI is InChI=1S/2C4H9NO2S/c2*1-5-3(2-8)4(6)7/h2*3,5,8H,2H2,1H3,(H,6,7)/t2*3-/m00/s1. The molecule has 0 spiro atoms. The van der Waals surface area contributed by atoms with Crippen molar-refractivity contribution in [3.8, 4) is 0 Å². The third-order valence-electron chi connectivity index (χ3n) is 1.66. The molecule has 0 saturated carbocycles. The first-order valence-electron chi connectivity index (χ1n) is 4.46. The Hall–Kier alpha value is -0.440. The Balaban J connectivity index is 0. The number of nitrogens with one attached hydrogen (secondary N) is 2. The molecular weight excluding hydrogens is 252 g/mol. The van der Waals surface area contributed by atoms with Crippen LogP contribution in [0.25, 0.3) is 0 Å². The lowest BCUT2D eigenvalue weighted by atomic mass is 10.3. The molecule has 0 heterocycles. The molecule has 0 aromatic heterocycles. The summed E-state index contributed by atoms with van der Waals surface area (Å²) in [6.45, 7) is 0. The molecule has 16 heavy (non-hydrogen) atoms. The fourth-order valence-corrected chi connectivity index (χ4v) is 1.26. The zero-order valence-electron chi connectivity index (χ0n) is 9.17. The van der Waals surface area contributed by atoms with Crippen molar-refractivity contribution >= 4 is 37.2 Å². The number of carboxylic acid groups (broad SMARTS) is 2. The zero-order chi connectivity index (χ0) is 13.1. The van der Waals surface area contributed by atoms with Crippen LogP contribution < -0.4 is 10.6 Å². The maximum absolute atomic E-state index is 10.1. The van der Waals surface area contributed by atoms with E-state index >= 15 is 0 Å². The number of thiol groups is 2. The van der Waals surface area contributed by atoms with Crippen molar-refractivity contribution in [1.82, 2.24) is 10.6 Å². The van der Waals surface area contributed by atoms with Crippen molar-refractivity contribution in [2.45, 2.75) is 12.1 Å². The van der Waals surface area contributed by atoms with Gasteiger partial charge in [0, 0.05) is 11.5 Å². The first-order valence-corrected chi connectivity index (χ1v) is 5.72. The molecule has 0 fully saturated rings. The molecule has 4 N–H and O–H groups in total. The minimum atomic E-state index is -0.859. The Kier molecular flexibility index (Phi) is 12.4. The van der Waals surface area contributed by atoms with Crippen LogP contribution in [0, 0.1) is 0 Å². The zero-order valence-corrected chi connectivity index (χ0v) is 11.0. The molecule has 0 aliphatic carbocycles. The Bertz CT molecular complexity index is 186. The highest BCUT2D eigenvalue weighted by atomic mass is 32.1. The lowest BCUT2D eigenvalue weighted by Crippen LogP contribution is -2.35. The second-order valence-electron chi connectivity index (χ2n) is 2.72. The molecule has 2 atom stereocenters. The van der Waals surface area contributed by atoms with E-state index in [0.29, 0.717) is 11.5 Å². The smallest absolute Gasteiger partial charge is 0.321 e. The van der Waals surface area contributed by atoms with Gasteiger partial charge in [-0.1, -0.05) is 0 Å². The molecule has 0 radical (unpaired) electrons. The van der Waals surface area contributed by atoms with Crippen molar-refractivity contribution in [3.05, 3.63) is 0 Å². The molecule has 0 rings (SSSR count). The van der Waals surface area contributed by atoms with Crippen molar-refractivity contribution in [2.75, 3.05) is 25.6 Å². The van der Waals surface area contributed by atoms with Gasteiger partial charge in [-0.15, -0.1) is 0 Å². The number of carbonyl (C=O) groups is 2. The molecular formula is C8H18N2O4S2. The second-order valence-corrected chi connectivity index (χ2v) is 3.45. The van der Waals surface area contributed by atoms with Gasteiger partial charge in [-0.2, -0.15) is 25.3 Å². The third kappa shape index (κ3) is 8.84. The van der Waals surface area contributed by atoms with Gasteiger partial charge in [-0.3, -0.25) is 9.59 Å². The molecule has 0 saturated heterocycles. The average Bonchev–Trinajstić information content (AvgIpc) is 2.21. The van der Waals surface area contributed by atoms with E-state index in [-0.39, 0.29) is 0 Å². The minimum absolute atomic E-state index is 0.325. The van der Waals surface area contributed by atoms with E-state index in [9.17, 15) is 9.59 Å². The van der Waals surface area contributed by atoms with Crippen molar-refractivity contribution in [3.63, 3.8) is 0 Å². The summed E-state index contributed by atoms with van der Waals surface area (Å²) in [6, 6.07) is -1.03. The molecule has 8 heteroatoms. The third-order valence-corrected chi connectivity index (χ3v) is 2.39. The van der Waals surface area contributed by atoms with Gasteiger partial charge in [0.15, 0.2) is 0 Å². The summed E-state index contributed by atoms with van der Waals surface area (Å²) >= 11 is 7.58. The van der Waals surface area contributed by atoms with Crippen LogP contribution in [0.1, 0.15) is 0 Å². The monoisotopic (exact) mass is 270 g/mol. The van der Waals surface area contributed by atoms with Crippen LogP contribution >= 0.6 is 25.3 Å². The van der Waals surface area contributed by atoms with E-state index in [1.165, 1.54) is 0 Å². The molecule has 0 aliphatic heterocycles. The summed E-state index contributed by atoms with van der Waals surface area (Å²) in [5.74, 6) is -1.07. The first-order chi connectivity index (χ1) is 7.44. The van der Waals surface area contributed by atoms with E-state index in [4.69, 9.17) is 10.2 Å². The topological polar surface area (TPSA) is 98.7 Å². The molecule has 0 aromatic carbocycles. The van der Waals surface area contributed by atoms with Crippen LogP contribution in [0.2, 0.25) is 0 Å². The number of hydrogen-bond donors (Lipinski definition) is 6. The van der Waals surface area contributed by atoms with Gasteiger partial charge in [0.1, 0.15) is 12.1 Å². The molecule has 0 unspecified atom stereocenters. The molecule has 0 bridgehead atoms. The van der Waals surface area contributed by atoms with E-state index in [0.717, 1.165) is 0 Å². The summed E-state index contributed by atoms with van der Waals surface area (Å²) in [4.78, 5) is 20.1. The fourth-order valence-electron chi connectivity index (χ4n) is 0.586. The van der Waals surface area contributed by atoms with E-state index in [1.807, 2.05) is 0 Å². The summed E-state index contributed by atoms with van der Waals surface area (Å²) in [5.41, 5.74) is 0. The first kappa shape index (κ1) is 17.9. The SMILES string of the molecule is CN[C@@H](CS)C(=O)O.CN[C@@H](CS)C(=O)O. The Morgan fingerprint density at radius 3 is 1.25 bits per heavy atom. The number of hydrogen-bond acceptors (Lipinski definition) is 6. The van der Waals surface area contributed by atoms with Gasteiger partial charge in [0.25, 0.3) is 0 Å². The van der Waals surface area contributed by atoms with Gasteiger partial charge in [-0.25, -0.2) is 0 Å². The summed E-state index contributed by atoms with van der Waals surface area (Å²) in [7, 11) is 3.18. The van der Waals surface area contributed by atoms with Gasteiger partial charge >= 0.3 is 11.9 Å². The lowest BCUT2D eigenvalue weighted by Gasteiger charge is -2.04. The second kappa shape index (κ2) is 11.1. The van der Waals surface area contributed by atoms with Crippen LogP contribution in [0.5, 0.6) is 0 Å². The predicted molar refractivity (Wildman–Crippen MR) is 68.7 cm³/mol. The number of likely N-dealkylation sites (N-methyl/N-ethyl adjacent to an activating group) is 2. The van der Waals surface area contributed by atoms with Crippen molar-refractivity contribution in [2.24, 2.45) is 0 Å². The van der Waals surface area contributed by atoms with Gasteiger partial charge in [0.2, 0.25) is 0 Å². The van der Waals surface area contributed by atoms with Gasteiger partial charge in [-0.05, 0) is 14.1 Å². The maximum atomic E-state index is 10.1. The van der Waals surface area contributed by atoms with Crippen LogP contribution in [0.15, 0.2) is 0 Å². The van der Waals surface area contributed by atoms with Crippen LogP contribution in [0.4, 0.5) is 0 Å². The highest BCUT2D eigenvalue weighted by molar-refractivity contribution is 7.80. The van der Waals surface area contributed by atoms with Crippen molar-refractivity contribution < 1.29 is 19.8 Å². The average molecular weight is 270 g/mol.